The van der Waals surface area contributed by atoms with Crippen LogP contribution in [0.5, 0.6) is 17.2 Å². The number of carbonyl (C=O) groups excluding carboxylic acids is 2. The number of benzene rings is 5. The second kappa shape index (κ2) is 18.1. The lowest BCUT2D eigenvalue weighted by Gasteiger charge is -2.40. The van der Waals surface area contributed by atoms with E-state index < -0.39 is 5.97 Å². The summed E-state index contributed by atoms with van der Waals surface area (Å²) >= 11 is 0. The molecular weight excluding hydrogens is 809 g/mol. The molecule has 1 aromatic heterocycles. The van der Waals surface area contributed by atoms with E-state index in [1.807, 2.05) is 89.8 Å². The fourth-order valence-electron chi connectivity index (χ4n) is 9.51. The van der Waals surface area contributed by atoms with Gasteiger partial charge in [0.1, 0.15) is 12.4 Å². The van der Waals surface area contributed by atoms with E-state index in [0.717, 1.165) is 61.4 Å². The molecule has 1 fully saturated rings. The van der Waals surface area contributed by atoms with Gasteiger partial charge in [-0.05, 0) is 103 Å². The highest BCUT2D eigenvalue weighted by atomic mass is 16.7. The Morgan fingerprint density at radius 3 is 2.30 bits per heavy atom. The molecule has 12 nitrogen and oxygen atoms in total. The van der Waals surface area contributed by atoms with Crippen molar-refractivity contribution in [3.05, 3.63) is 166 Å². The molecule has 4 aliphatic heterocycles. The molecule has 0 radical (unpaired) electrons. The zero-order valence-electron chi connectivity index (χ0n) is 35.6. The van der Waals surface area contributed by atoms with Crippen LogP contribution in [-0.2, 0) is 43.8 Å². The Hall–Kier alpha value is -6.89. The summed E-state index contributed by atoms with van der Waals surface area (Å²) in [4.78, 5) is 48.8. The van der Waals surface area contributed by atoms with Gasteiger partial charge in [0.05, 0.1) is 36.4 Å². The van der Waals surface area contributed by atoms with Gasteiger partial charge < -0.3 is 38.4 Å². The Morgan fingerprint density at radius 2 is 1.50 bits per heavy atom. The van der Waals surface area contributed by atoms with Crippen molar-refractivity contribution in [1.29, 1.82) is 0 Å². The Labute approximate surface area is 372 Å². The number of aromatic carboxylic acids is 1. The molecule has 10 rings (SSSR count). The maximum absolute atomic E-state index is 15.3. The molecule has 2 amide bonds. The molecule has 5 heterocycles. The van der Waals surface area contributed by atoms with Crippen LogP contribution in [0.25, 0.3) is 11.3 Å². The van der Waals surface area contributed by atoms with Gasteiger partial charge in [-0.1, -0.05) is 66.7 Å². The van der Waals surface area contributed by atoms with E-state index in [0.29, 0.717) is 84.5 Å². The molecule has 1 saturated heterocycles. The van der Waals surface area contributed by atoms with Gasteiger partial charge in [0.25, 0.3) is 11.8 Å². The van der Waals surface area contributed by atoms with E-state index in [9.17, 15) is 9.90 Å². The third kappa shape index (κ3) is 8.46. The van der Waals surface area contributed by atoms with Gasteiger partial charge >= 0.3 is 5.97 Å². The number of morpholine rings is 1. The number of hydrogen-bond acceptors (Lipinski definition) is 8. The van der Waals surface area contributed by atoms with Crippen LogP contribution < -0.4 is 19.1 Å². The Morgan fingerprint density at radius 1 is 0.750 bits per heavy atom. The molecule has 0 aliphatic carbocycles. The number of carbonyl (C=O) groups is 3. The number of nitrogens with zero attached hydrogens (tertiary/aromatic N) is 4. The van der Waals surface area contributed by atoms with Crippen LogP contribution in [-0.4, -0.2) is 82.9 Å². The highest BCUT2D eigenvalue weighted by Crippen LogP contribution is 2.42. The van der Waals surface area contributed by atoms with Gasteiger partial charge in [-0.2, -0.15) is 0 Å². The molecule has 1 N–H and O–H groups in total. The first-order chi connectivity index (χ1) is 31.4. The predicted octanol–water partition coefficient (Wildman–Crippen LogP) is 8.24. The summed E-state index contributed by atoms with van der Waals surface area (Å²) in [5.74, 6) is 0.343. The zero-order valence-corrected chi connectivity index (χ0v) is 35.6. The molecule has 326 valence electrons. The normalized spacial score (nSPS) is 16.8. The minimum absolute atomic E-state index is 0.0489. The summed E-state index contributed by atoms with van der Waals surface area (Å²) in [6, 6.07) is 38.0. The van der Waals surface area contributed by atoms with Crippen molar-refractivity contribution in [3.8, 4) is 28.5 Å². The lowest BCUT2D eigenvalue weighted by atomic mass is 9.92. The fourth-order valence-corrected chi connectivity index (χ4v) is 9.51. The molecule has 6 aromatic rings. The number of carboxylic acid groups (broad SMARTS) is 1. The zero-order chi connectivity index (χ0) is 43.6. The monoisotopic (exact) mass is 858 g/mol. The first kappa shape index (κ1) is 41.1. The van der Waals surface area contributed by atoms with Crippen molar-refractivity contribution in [2.45, 2.75) is 58.0 Å². The van der Waals surface area contributed by atoms with Crippen LogP contribution in [0.2, 0.25) is 0 Å². The maximum atomic E-state index is 15.3. The number of anilines is 1. The topological polar surface area (TPSA) is 123 Å². The van der Waals surface area contributed by atoms with Crippen molar-refractivity contribution in [2.75, 3.05) is 44.5 Å². The number of fused-ring (bicyclic) bond motifs is 3. The summed E-state index contributed by atoms with van der Waals surface area (Å²) in [5.41, 5.74) is 8.24. The number of hydrogen-bond donors (Lipinski definition) is 1. The summed E-state index contributed by atoms with van der Waals surface area (Å²) < 4.78 is 25.8. The molecule has 1 atom stereocenters. The third-order valence-corrected chi connectivity index (χ3v) is 12.8. The van der Waals surface area contributed by atoms with Crippen molar-refractivity contribution in [3.63, 3.8) is 0 Å². The molecule has 5 aromatic carbocycles. The number of ether oxygens (including phenoxy) is 4. The molecule has 12 heteroatoms. The lowest BCUT2D eigenvalue weighted by Crippen LogP contribution is -2.52. The van der Waals surface area contributed by atoms with Crippen molar-refractivity contribution in [1.82, 2.24) is 14.4 Å². The van der Waals surface area contributed by atoms with Crippen LogP contribution in [0.4, 0.5) is 5.69 Å². The highest BCUT2D eigenvalue weighted by molar-refractivity contribution is 6.09. The van der Waals surface area contributed by atoms with Gasteiger partial charge in [0, 0.05) is 61.4 Å². The number of amides is 2. The smallest absolute Gasteiger partial charge is 0.335 e. The quantitative estimate of drug-likeness (QED) is 0.130. The first-order valence-electron chi connectivity index (χ1n) is 22.1. The standard InChI is InChI=1S/C52H50N4O8/c57-50(56-31-39-13-5-4-12-37(39)26-41(56)32-53-21-23-61-24-22-53)44-29-49-48(63-34-64-49)28-43(44)47-27-45(46-15-6-7-20-54(46)47)51(58)55(30-36-11-8-14-38(25-36)52(59)60)40-16-18-42(19-17-40)62-33-35-9-2-1-3-10-35/h1-5,8-14,16-19,25,27-29,41H,6-7,15,20-24,26,30-34H2,(H,59,60)/t41-/m0/s1. The van der Waals surface area contributed by atoms with Gasteiger partial charge in [0.15, 0.2) is 11.5 Å². The van der Waals surface area contributed by atoms with Crippen molar-refractivity contribution >= 4 is 23.5 Å². The van der Waals surface area contributed by atoms with Crippen LogP contribution in [0.15, 0.2) is 121 Å². The third-order valence-electron chi connectivity index (χ3n) is 12.8. The average molecular weight is 859 g/mol. The molecule has 64 heavy (non-hydrogen) atoms. The second-order valence-corrected chi connectivity index (χ2v) is 16.9. The number of rotatable bonds is 12. The second-order valence-electron chi connectivity index (χ2n) is 16.9. The Bertz CT molecular complexity index is 2690. The lowest BCUT2D eigenvalue weighted by molar-refractivity contribution is 0.0193. The molecular formula is C52H50N4O8. The van der Waals surface area contributed by atoms with E-state index in [2.05, 4.69) is 27.7 Å². The van der Waals surface area contributed by atoms with Crippen LogP contribution in [0.1, 0.15) is 71.9 Å². The van der Waals surface area contributed by atoms with Gasteiger partial charge in [-0.15, -0.1) is 0 Å². The van der Waals surface area contributed by atoms with Crippen molar-refractivity contribution < 1.29 is 38.4 Å². The predicted molar refractivity (Wildman–Crippen MR) is 241 cm³/mol. The average Bonchev–Trinajstić information content (AvgIpc) is 3.97. The van der Waals surface area contributed by atoms with E-state index in [1.165, 1.54) is 5.56 Å². The summed E-state index contributed by atoms with van der Waals surface area (Å²) in [6.45, 7) is 5.42. The van der Waals surface area contributed by atoms with Gasteiger partial charge in [0.2, 0.25) is 6.79 Å². The molecule has 0 bridgehead atoms. The fraction of sp³-hybridized carbons (Fsp3) is 0.288. The Balaban J connectivity index is 1.03. The molecule has 4 aliphatic rings. The van der Waals surface area contributed by atoms with E-state index >= 15 is 9.59 Å². The summed E-state index contributed by atoms with van der Waals surface area (Å²) in [5, 5.41) is 9.84. The molecule has 0 spiro atoms. The number of aromatic nitrogens is 1. The highest BCUT2D eigenvalue weighted by Gasteiger charge is 2.36. The summed E-state index contributed by atoms with van der Waals surface area (Å²) in [7, 11) is 0. The maximum Gasteiger partial charge on any atom is 0.335 e. The van der Waals surface area contributed by atoms with E-state index in [-0.39, 0.29) is 36.8 Å². The minimum atomic E-state index is -1.04. The van der Waals surface area contributed by atoms with Gasteiger partial charge in [-0.3, -0.25) is 14.5 Å². The van der Waals surface area contributed by atoms with Crippen LogP contribution >= 0.6 is 0 Å². The molecule has 0 saturated carbocycles. The molecule has 0 unspecified atom stereocenters. The largest absolute Gasteiger partial charge is 0.489 e. The SMILES string of the molecule is O=C(O)c1cccc(CN(C(=O)c2cc(-c3cc4c(cc3C(=O)N3Cc5ccccc5C[C@H]3CN3CCOCC3)OCO4)n3c2CCCC3)c2ccc(OCc3ccccc3)cc2)c1. The number of carboxylic acids is 1. The van der Waals surface area contributed by atoms with Crippen molar-refractivity contribution in [2.24, 2.45) is 0 Å². The van der Waals surface area contributed by atoms with Gasteiger partial charge in [-0.25, -0.2) is 4.79 Å². The first-order valence-corrected chi connectivity index (χ1v) is 22.1. The van der Waals surface area contributed by atoms with E-state index in [4.69, 9.17) is 18.9 Å². The van der Waals surface area contributed by atoms with E-state index in [1.54, 1.807) is 23.1 Å². The van der Waals surface area contributed by atoms with Crippen LogP contribution in [0.3, 0.4) is 0 Å². The van der Waals surface area contributed by atoms with Crippen LogP contribution in [0, 0.1) is 0 Å². The summed E-state index contributed by atoms with van der Waals surface area (Å²) in [6.07, 6.45) is 3.23. The Kier molecular flexibility index (Phi) is 11.6. The minimum Gasteiger partial charge on any atom is -0.489 e.